The summed E-state index contributed by atoms with van der Waals surface area (Å²) in [4.78, 5) is 33.3. The maximum atomic E-state index is 12.8. The maximum Gasteiger partial charge on any atom is 0.317 e. The highest BCUT2D eigenvalue weighted by Gasteiger charge is 2.26. The van der Waals surface area contributed by atoms with Gasteiger partial charge in [-0.25, -0.2) is 9.78 Å². The summed E-state index contributed by atoms with van der Waals surface area (Å²) in [5, 5.41) is 3.16. The number of rotatable bonds is 2. The van der Waals surface area contributed by atoms with Gasteiger partial charge in [-0.15, -0.1) is 0 Å². The summed E-state index contributed by atoms with van der Waals surface area (Å²) >= 11 is 0. The molecule has 1 aromatic heterocycles. The van der Waals surface area contributed by atoms with Crippen molar-refractivity contribution >= 4 is 23.0 Å². The number of carbonyl (C=O) groups excluding carboxylic acids is 2. The van der Waals surface area contributed by atoms with Crippen LogP contribution in [0.4, 0.5) is 4.79 Å². The van der Waals surface area contributed by atoms with Gasteiger partial charge in [0.15, 0.2) is 0 Å². The number of nitrogens with zero attached hydrogens (tertiary/aromatic N) is 4. The Labute approximate surface area is 159 Å². The highest BCUT2D eigenvalue weighted by molar-refractivity contribution is 5.97. The van der Waals surface area contributed by atoms with E-state index in [9.17, 15) is 9.59 Å². The van der Waals surface area contributed by atoms with Crippen molar-refractivity contribution < 1.29 is 9.59 Å². The average Bonchev–Trinajstić information content (AvgIpc) is 3.08. The molecule has 2 aromatic rings. The van der Waals surface area contributed by atoms with Gasteiger partial charge in [0, 0.05) is 44.8 Å². The van der Waals surface area contributed by atoms with Gasteiger partial charge in [-0.2, -0.15) is 0 Å². The van der Waals surface area contributed by atoms with Gasteiger partial charge >= 0.3 is 6.03 Å². The van der Waals surface area contributed by atoms with Crippen LogP contribution in [0.3, 0.4) is 0 Å². The number of hydrogen-bond donors (Lipinski definition) is 1. The van der Waals surface area contributed by atoms with Crippen LogP contribution >= 0.6 is 0 Å². The fraction of sp³-hybridized carbons (Fsp3) is 0.550. The number of carbonyl (C=O) groups is 2. The number of aryl methyl sites for hydroxylation is 1. The zero-order chi connectivity index (χ0) is 18.8. The molecule has 2 heterocycles. The summed E-state index contributed by atoms with van der Waals surface area (Å²) in [5.41, 5.74) is 2.49. The molecule has 2 fully saturated rings. The van der Waals surface area contributed by atoms with E-state index in [1.54, 1.807) is 6.33 Å². The molecule has 0 unspecified atom stereocenters. The van der Waals surface area contributed by atoms with Gasteiger partial charge in [-0.05, 0) is 31.0 Å². The van der Waals surface area contributed by atoms with Crippen LogP contribution in [0.25, 0.3) is 11.0 Å². The minimum atomic E-state index is 0.00916. The summed E-state index contributed by atoms with van der Waals surface area (Å²) in [5.74, 6) is 0.00916. The van der Waals surface area contributed by atoms with E-state index in [0.717, 1.165) is 23.9 Å². The van der Waals surface area contributed by atoms with Crippen LogP contribution in [0.2, 0.25) is 0 Å². The van der Waals surface area contributed by atoms with E-state index in [1.165, 1.54) is 19.3 Å². The quantitative estimate of drug-likeness (QED) is 0.883. The van der Waals surface area contributed by atoms with Gasteiger partial charge in [0.2, 0.25) is 0 Å². The zero-order valence-electron chi connectivity index (χ0n) is 15.9. The Morgan fingerprint density at radius 2 is 1.74 bits per heavy atom. The van der Waals surface area contributed by atoms with E-state index in [4.69, 9.17) is 0 Å². The van der Waals surface area contributed by atoms with Gasteiger partial charge in [-0.1, -0.05) is 19.3 Å². The predicted molar refractivity (Wildman–Crippen MR) is 104 cm³/mol. The number of aromatic nitrogens is 2. The second kappa shape index (κ2) is 7.58. The molecule has 0 radical (unpaired) electrons. The van der Waals surface area contributed by atoms with Gasteiger partial charge in [0.05, 0.1) is 17.4 Å². The molecule has 0 atom stereocenters. The molecule has 2 aliphatic rings. The van der Waals surface area contributed by atoms with Crippen molar-refractivity contribution in [3.05, 3.63) is 30.1 Å². The minimum absolute atomic E-state index is 0.00916. The molecule has 4 rings (SSSR count). The van der Waals surface area contributed by atoms with Crippen molar-refractivity contribution in [2.24, 2.45) is 7.05 Å². The van der Waals surface area contributed by atoms with Crippen LogP contribution in [0, 0.1) is 0 Å². The Morgan fingerprint density at radius 3 is 2.48 bits per heavy atom. The second-order valence-electron chi connectivity index (χ2n) is 7.62. The van der Waals surface area contributed by atoms with E-state index in [-0.39, 0.29) is 11.9 Å². The minimum Gasteiger partial charge on any atom is -0.335 e. The number of benzene rings is 1. The lowest BCUT2D eigenvalue weighted by Crippen LogP contribution is -2.54. The van der Waals surface area contributed by atoms with Crippen LogP contribution in [0.15, 0.2) is 24.5 Å². The lowest BCUT2D eigenvalue weighted by atomic mass is 9.96. The number of hydrogen-bond acceptors (Lipinski definition) is 3. The highest BCUT2D eigenvalue weighted by atomic mass is 16.2. The van der Waals surface area contributed by atoms with Crippen molar-refractivity contribution in [3.8, 4) is 0 Å². The van der Waals surface area contributed by atoms with Gasteiger partial charge in [0.1, 0.15) is 0 Å². The first kappa shape index (κ1) is 17.8. The normalized spacial score (nSPS) is 18.7. The topological polar surface area (TPSA) is 70.5 Å². The van der Waals surface area contributed by atoms with E-state index < -0.39 is 0 Å². The molecular weight excluding hydrogens is 342 g/mol. The number of urea groups is 1. The summed E-state index contributed by atoms with van der Waals surface area (Å²) in [6.07, 6.45) is 7.60. The van der Waals surface area contributed by atoms with Gasteiger partial charge in [-0.3, -0.25) is 4.79 Å². The van der Waals surface area contributed by atoms with Crippen LogP contribution in [0.5, 0.6) is 0 Å². The molecule has 1 aliphatic heterocycles. The number of fused-ring (bicyclic) bond motifs is 1. The van der Waals surface area contributed by atoms with Crippen molar-refractivity contribution in [1.29, 1.82) is 0 Å². The van der Waals surface area contributed by atoms with Crippen molar-refractivity contribution in [2.75, 3.05) is 26.2 Å². The SMILES string of the molecule is Cn1cnc2cc(C(=O)N3CCN(C(=O)NC4CCCCC4)CC3)ccc21. The fourth-order valence-electron chi connectivity index (χ4n) is 4.08. The van der Waals surface area contributed by atoms with Crippen molar-refractivity contribution in [3.63, 3.8) is 0 Å². The Bertz CT molecular complexity index is 832. The molecule has 1 aromatic carbocycles. The molecule has 7 heteroatoms. The molecular formula is C20H27N5O2. The molecule has 7 nitrogen and oxygen atoms in total. The average molecular weight is 369 g/mol. The van der Waals surface area contributed by atoms with E-state index in [2.05, 4.69) is 10.3 Å². The van der Waals surface area contributed by atoms with Crippen LogP contribution in [0.1, 0.15) is 42.5 Å². The van der Waals surface area contributed by atoms with E-state index in [0.29, 0.717) is 37.8 Å². The van der Waals surface area contributed by atoms with Gasteiger partial charge < -0.3 is 19.7 Å². The summed E-state index contributed by atoms with van der Waals surface area (Å²) in [7, 11) is 1.94. The smallest absolute Gasteiger partial charge is 0.317 e. The third-order valence-corrected chi connectivity index (χ3v) is 5.76. The summed E-state index contributed by atoms with van der Waals surface area (Å²) in [6.45, 7) is 2.29. The molecule has 1 N–H and O–H groups in total. The van der Waals surface area contributed by atoms with Crippen molar-refractivity contribution in [1.82, 2.24) is 24.7 Å². The Kier molecular flexibility index (Phi) is 5.01. The Morgan fingerprint density at radius 1 is 1.04 bits per heavy atom. The number of amides is 3. The third-order valence-electron chi connectivity index (χ3n) is 5.76. The fourth-order valence-corrected chi connectivity index (χ4v) is 4.08. The maximum absolute atomic E-state index is 12.8. The molecule has 0 bridgehead atoms. The summed E-state index contributed by atoms with van der Waals surface area (Å²) < 4.78 is 1.94. The van der Waals surface area contributed by atoms with E-state index >= 15 is 0 Å². The number of imidazole rings is 1. The highest BCUT2D eigenvalue weighted by Crippen LogP contribution is 2.19. The third kappa shape index (κ3) is 3.77. The lowest BCUT2D eigenvalue weighted by molar-refractivity contribution is 0.0662. The molecule has 144 valence electrons. The second-order valence-corrected chi connectivity index (χ2v) is 7.62. The van der Waals surface area contributed by atoms with Crippen LogP contribution < -0.4 is 5.32 Å². The predicted octanol–water partition coefficient (Wildman–Crippen LogP) is 2.37. The monoisotopic (exact) mass is 369 g/mol. The summed E-state index contributed by atoms with van der Waals surface area (Å²) in [6, 6.07) is 5.97. The van der Waals surface area contributed by atoms with Crippen LogP contribution in [-0.2, 0) is 7.05 Å². The first-order valence-electron chi connectivity index (χ1n) is 9.87. The Hall–Kier alpha value is -2.57. The van der Waals surface area contributed by atoms with Gasteiger partial charge in [0.25, 0.3) is 5.91 Å². The number of nitrogens with one attached hydrogen (secondary N) is 1. The first-order chi connectivity index (χ1) is 13.1. The molecule has 0 spiro atoms. The first-order valence-corrected chi connectivity index (χ1v) is 9.87. The Balaban J connectivity index is 1.33. The molecule has 1 saturated heterocycles. The number of piperazine rings is 1. The largest absolute Gasteiger partial charge is 0.335 e. The van der Waals surface area contributed by atoms with E-state index in [1.807, 2.05) is 39.6 Å². The van der Waals surface area contributed by atoms with Crippen LogP contribution in [-0.4, -0.2) is 63.5 Å². The molecule has 3 amide bonds. The molecule has 27 heavy (non-hydrogen) atoms. The molecule has 1 aliphatic carbocycles. The van der Waals surface area contributed by atoms with Crippen molar-refractivity contribution in [2.45, 2.75) is 38.1 Å². The zero-order valence-corrected chi connectivity index (χ0v) is 15.9. The lowest BCUT2D eigenvalue weighted by Gasteiger charge is -2.36. The molecule has 1 saturated carbocycles. The standard InChI is InChI=1S/C20H27N5O2/c1-23-14-21-17-13-15(7-8-18(17)23)19(26)24-9-11-25(12-10-24)20(27)22-16-5-3-2-4-6-16/h7-8,13-14,16H,2-6,9-12H2,1H3,(H,22,27).